The summed E-state index contributed by atoms with van der Waals surface area (Å²) in [5, 5.41) is 9.57. The van der Waals surface area contributed by atoms with Crippen molar-refractivity contribution in [1.29, 1.82) is 5.26 Å². The van der Waals surface area contributed by atoms with Crippen molar-refractivity contribution in [2.75, 3.05) is 0 Å². The van der Waals surface area contributed by atoms with Gasteiger partial charge in [-0.2, -0.15) is 5.26 Å². The van der Waals surface area contributed by atoms with Crippen LogP contribution in [-0.4, -0.2) is 4.98 Å². The minimum Gasteiger partial charge on any atom is -0.325 e. The third-order valence-corrected chi connectivity index (χ3v) is 3.57. The molecule has 2 rings (SSSR count). The molecule has 6 heteroatoms. The van der Waals surface area contributed by atoms with E-state index in [1.165, 1.54) is 6.07 Å². The SMILES string of the molecule is N#CCc1ccc(-c2cc(Cl)c(Cl)cc2Cl)c(=O)[nH]1. The molecule has 0 aliphatic carbocycles. The van der Waals surface area contributed by atoms with Gasteiger partial charge in [-0.1, -0.05) is 34.8 Å². The van der Waals surface area contributed by atoms with Crippen molar-refractivity contribution >= 4 is 34.8 Å². The molecule has 19 heavy (non-hydrogen) atoms. The number of benzene rings is 1. The maximum absolute atomic E-state index is 12.0. The molecule has 1 aromatic heterocycles. The summed E-state index contributed by atoms with van der Waals surface area (Å²) in [5.41, 5.74) is 1.10. The van der Waals surface area contributed by atoms with Crippen LogP contribution in [0.15, 0.2) is 29.1 Å². The summed E-state index contributed by atoms with van der Waals surface area (Å²) >= 11 is 17.8. The van der Waals surface area contributed by atoms with Crippen molar-refractivity contribution in [3.63, 3.8) is 0 Å². The second-order valence-electron chi connectivity index (χ2n) is 3.81. The van der Waals surface area contributed by atoms with Gasteiger partial charge in [0.15, 0.2) is 0 Å². The third kappa shape index (κ3) is 2.93. The molecule has 0 fully saturated rings. The standard InChI is InChI=1S/C13H7Cl3N2O/c14-10-6-12(16)11(15)5-9(10)8-2-1-7(3-4-17)18-13(8)19/h1-2,5-6H,3H2,(H,18,19). The fourth-order valence-corrected chi connectivity index (χ4v) is 2.29. The number of H-pyrrole nitrogens is 1. The molecule has 0 saturated heterocycles. The third-order valence-electron chi connectivity index (χ3n) is 2.54. The summed E-state index contributed by atoms with van der Waals surface area (Å²) in [6, 6.07) is 8.27. The summed E-state index contributed by atoms with van der Waals surface area (Å²) in [6.45, 7) is 0. The molecular formula is C13H7Cl3N2O. The van der Waals surface area contributed by atoms with Gasteiger partial charge in [-0.25, -0.2) is 0 Å². The minimum absolute atomic E-state index is 0.143. The lowest BCUT2D eigenvalue weighted by atomic mass is 10.1. The molecule has 0 atom stereocenters. The van der Waals surface area contributed by atoms with E-state index < -0.39 is 0 Å². The normalized spacial score (nSPS) is 10.2. The number of hydrogen-bond acceptors (Lipinski definition) is 2. The van der Waals surface area contributed by atoms with Crippen LogP contribution < -0.4 is 5.56 Å². The quantitative estimate of drug-likeness (QED) is 0.850. The molecule has 0 saturated carbocycles. The molecule has 0 aliphatic heterocycles. The Bertz CT molecular complexity index is 732. The van der Waals surface area contributed by atoms with Crippen molar-refractivity contribution in [3.05, 3.63) is 55.4 Å². The lowest BCUT2D eigenvalue weighted by molar-refractivity contribution is 1.08. The molecule has 96 valence electrons. The average Bonchev–Trinajstić information content (AvgIpc) is 2.35. The maximum atomic E-state index is 12.0. The van der Waals surface area contributed by atoms with E-state index in [9.17, 15) is 4.79 Å². The van der Waals surface area contributed by atoms with Crippen molar-refractivity contribution in [2.24, 2.45) is 0 Å². The molecule has 0 aliphatic rings. The number of aromatic nitrogens is 1. The second-order valence-corrected chi connectivity index (χ2v) is 5.03. The summed E-state index contributed by atoms with van der Waals surface area (Å²) in [6.07, 6.45) is 0.143. The second kappa shape index (κ2) is 5.66. The van der Waals surface area contributed by atoms with Gasteiger partial charge in [-0.3, -0.25) is 4.79 Å². The average molecular weight is 314 g/mol. The topological polar surface area (TPSA) is 56.6 Å². The van der Waals surface area contributed by atoms with Crippen molar-refractivity contribution < 1.29 is 0 Å². The molecule has 1 N–H and O–H groups in total. The summed E-state index contributed by atoms with van der Waals surface area (Å²) in [7, 11) is 0. The predicted octanol–water partition coefficient (Wildman–Crippen LogP) is 4.07. The molecule has 1 heterocycles. The number of nitrogens with zero attached hydrogens (tertiary/aromatic N) is 1. The Morgan fingerprint density at radius 1 is 1.05 bits per heavy atom. The highest BCUT2D eigenvalue weighted by molar-refractivity contribution is 6.44. The minimum atomic E-state index is -0.326. The van der Waals surface area contributed by atoms with Crippen LogP contribution in [0.4, 0.5) is 0 Å². The van der Waals surface area contributed by atoms with Gasteiger partial charge in [0.1, 0.15) is 0 Å². The van der Waals surface area contributed by atoms with E-state index in [0.717, 1.165) is 0 Å². The van der Waals surface area contributed by atoms with Crippen LogP contribution in [0.25, 0.3) is 11.1 Å². The Morgan fingerprint density at radius 3 is 2.37 bits per heavy atom. The number of hydrogen-bond donors (Lipinski definition) is 1. The lowest BCUT2D eigenvalue weighted by Crippen LogP contribution is -2.11. The zero-order chi connectivity index (χ0) is 14.0. The molecule has 3 nitrogen and oxygen atoms in total. The molecule has 1 aromatic carbocycles. The zero-order valence-electron chi connectivity index (χ0n) is 9.51. The molecule has 2 aromatic rings. The van der Waals surface area contributed by atoms with Crippen molar-refractivity contribution in [2.45, 2.75) is 6.42 Å². The maximum Gasteiger partial charge on any atom is 0.256 e. The highest BCUT2D eigenvalue weighted by Crippen LogP contribution is 2.33. The van der Waals surface area contributed by atoms with E-state index in [2.05, 4.69) is 4.98 Å². The zero-order valence-corrected chi connectivity index (χ0v) is 11.8. The van der Waals surface area contributed by atoms with E-state index >= 15 is 0 Å². The number of nitriles is 1. The van der Waals surface area contributed by atoms with E-state index in [4.69, 9.17) is 40.1 Å². The first-order valence-corrected chi connectivity index (χ1v) is 6.40. The van der Waals surface area contributed by atoms with E-state index in [-0.39, 0.29) is 12.0 Å². The number of halogens is 3. The predicted molar refractivity (Wildman–Crippen MR) is 76.8 cm³/mol. The van der Waals surface area contributed by atoms with Crippen LogP contribution in [0.1, 0.15) is 5.69 Å². The fourth-order valence-electron chi connectivity index (χ4n) is 1.64. The van der Waals surface area contributed by atoms with Gasteiger partial charge in [0.2, 0.25) is 0 Å². The van der Waals surface area contributed by atoms with Crippen molar-refractivity contribution in [1.82, 2.24) is 4.98 Å². The van der Waals surface area contributed by atoms with Gasteiger partial charge in [-0.15, -0.1) is 0 Å². The number of rotatable bonds is 2. The summed E-state index contributed by atoms with van der Waals surface area (Å²) in [4.78, 5) is 14.6. The lowest BCUT2D eigenvalue weighted by Gasteiger charge is -2.06. The molecular weight excluding hydrogens is 307 g/mol. The number of aromatic amines is 1. The first-order chi connectivity index (χ1) is 9.02. The molecule has 0 spiro atoms. The Kier molecular flexibility index (Phi) is 4.16. The largest absolute Gasteiger partial charge is 0.325 e. The van der Waals surface area contributed by atoms with Gasteiger partial charge in [0, 0.05) is 16.8 Å². The first kappa shape index (κ1) is 14.0. The summed E-state index contributed by atoms with van der Waals surface area (Å²) < 4.78 is 0. The van der Waals surface area contributed by atoms with E-state index in [0.29, 0.717) is 31.9 Å². The Morgan fingerprint density at radius 2 is 1.74 bits per heavy atom. The smallest absolute Gasteiger partial charge is 0.256 e. The van der Waals surface area contributed by atoms with Gasteiger partial charge < -0.3 is 4.98 Å². The van der Waals surface area contributed by atoms with Gasteiger partial charge in [0.25, 0.3) is 5.56 Å². The summed E-state index contributed by atoms with van der Waals surface area (Å²) in [5.74, 6) is 0. The van der Waals surface area contributed by atoms with Gasteiger partial charge in [0.05, 0.1) is 27.6 Å². The number of pyridine rings is 1. The molecule has 0 radical (unpaired) electrons. The van der Waals surface area contributed by atoms with E-state index in [1.807, 2.05) is 6.07 Å². The molecule has 0 bridgehead atoms. The molecule has 0 amide bonds. The van der Waals surface area contributed by atoms with Gasteiger partial charge in [-0.05, 0) is 24.3 Å². The van der Waals surface area contributed by atoms with Crippen LogP contribution in [0.3, 0.4) is 0 Å². The highest BCUT2D eigenvalue weighted by Gasteiger charge is 2.11. The number of nitrogens with one attached hydrogen (secondary N) is 1. The van der Waals surface area contributed by atoms with Crippen LogP contribution in [0.5, 0.6) is 0 Å². The fraction of sp³-hybridized carbons (Fsp3) is 0.0769. The Labute approximate surface area is 124 Å². The van der Waals surface area contributed by atoms with Crippen LogP contribution in [0.2, 0.25) is 15.1 Å². The van der Waals surface area contributed by atoms with Crippen LogP contribution in [0, 0.1) is 11.3 Å². The van der Waals surface area contributed by atoms with E-state index in [1.54, 1.807) is 18.2 Å². The van der Waals surface area contributed by atoms with Crippen LogP contribution in [-0.2, 0) is 6.42 Å². The Balaban J connectivity index is 2.57. The highest BCUT2D eigenvalue weighted by atomic mass is 35.5. The molecule has 0 unspecified atom stereocenters. The van der Waals surface area contributed by atoms with Gasteiger partial charge >= 0.3 is 0 Å². The first-order valence-electron chi connectivity index (χ1n) is 5.27. The van der Waals surface area contributed by atoms with Crippen LogP contribution >= 0.6 is 34.8 Å². The Hall–Kier alpha value is -1.47. The van der Waals surface area contributed by atoms with Crippen molar-refractivity contribution in [3.8, 4) is 17.2 Å². The monoisotopic (exact) mass is 312 g/mol.